The lowest BCUT2D eigenvalue weighted by Crippen LogP contribution is -2.47. The molecule has 3 aliphatic heterocycles. The molecule has 3 heterocycles. The van der Waals surface area contributed by atoms with Crippen LogP contribution in [0.5, 0.6) is 0 Å². The van der Waals surface area contributed by atoms with Gasteiger partial charge >= 0.3 is 39.3 Å². The predicted octanol–water partition coefficient (Wildman–Crippen LogP) is 4.26. The quantitative estimate of drug-likeness (QED) is 0.139. The van der Waals surface area contributed by atoms with Crippen LogP contribution in [0.2, 0.25) is 0 Å². The van der Waals surface area contributed by atoms with Crippen molar-refractivity contribution >= 4 is 55.7 Å². The number of hydrogen-bond donors (Lipinski definition) is 0. The zero-order chi connectivity index (χ0) is 40.8. The van der Waals surface area contributed by atoms with Gasteiger partial charge in [-0.1, -0.05) is 84.9 Å². The molecule has 0 spiro atoms. The lowest BCUT2D eigenvalue weighted by Gasteiger charge is -2.33. The van der Waals surface area contributed by atoms with Crippen molar-refractivity contribution in [2.75, 3.05) is 59.5 Å². The minimum atomic E-state index is -1.06. The minimum Gasteiger partial charge on any atom is -0.461 e. The third-order valence-corrected chi connectivity index (χ3v) is 10.3. The Morgan fingerprint density at radius 1 is 0.474 bits per heavy atom. The average Bonchev–Trinajstić information content (AvgIpc) is 3.20. The summed E-state index contributed by atoms with van der Waals surface area (Å²) in [6, 6.07) is 20.5. The number of carbonyl (C=O) groups excluding carboxylic acids is 3. The molecule has 3 aromatic carbocycles. The van der Waals surface area contributed by atoms with E-state index in [1.165, 1.54) is 0 Å². The first-order valence-electron chi connectivity index (χ1n) is 19.6. The van der Waals surface area contributed by atoms with Crippen LogP contribution >= 0.6 is 0 Å². The van der Waals surface area contributed by atoms with Gasteiger partial charge in [0, 0.05) is 55.9 Å². The van der Waals surface area contributed by atoms with Gasteiger partial charge in [-0.25, -0.2) is 14.4 Å². The van der Waals surface area contributed by atoms with Crippen LogP contribution in [0.1, 0.15) is 86.0 Å². The van der Waals surface area contributed by atoms with Crippen molar-refractivity contribution < 1.29 is 56.5 Å². The second-order valence-electron chi connectivity index (χ2n) is 17.8. The summed E-state index contributed by atoms with van der Waals surface area (Å²) < 4.78 is 52.8. The van der Waals surface area contributed by atoms with Gasteiger partial charge in [0.15, 0.2) is 0 Å². The van der Waals surface area contributed by atoms with E-state index in [2.05, 4.69) is 41.5 Å². The molecule has 3 fully saturated rings. The van der Waals surface area contributed by atoms with Gasteiger partial charge in [-0.2, -0.15) is 0 Å². The van der Waals surface area contributed by atoms with Crippen LogP contribution in [-0.2, 0) is 42.1 Å². The third kappa shape index (κ3) is 11.4. The SMILES string of the molecule is CCC(COC(=O)c1ccc(B2OCC(C)(C)CO2)cc1)(COC(=O)c1ccc(B2OCC(C)(C)CO2)cc1)COC(=O)c1ccc(B2OCC(C)(C)CO2)cc1. The molecule has 0 N–H and O–H groups in total. The first kappa shape index (κ1) is 42.6. The highest BCUT2D eigenvalue weighted by molar-refractivity contribution is 6.62. The summed E-state index contributed by atoms with van der Waals surface area (Å²) in [6.07, 6.45) is 0.351. The topological polar surface area (TPSA) is 134 Å². The molecule has 12 nitrogen and oxygen atoms in total. The summed E-state index contributed by atoms with van der Waals surface area (Å²) in [7, 11) is -1.55. The van der Waals surface area contributed by atoms with Crippen molar-refractivity contribution in [1.29, 1.82) is 0 Å². The van der Waals surface area contributed by atoms with Crippen LogP contribution in [0.15, 0.2) is 72.8 Å². The molecular formula is C42H53B3O12. The Labute approximate surface area is 336 Å². The fourth-order valence-corrected chi connectivity index (χ4v) is 6.32. The highest BCUT2D eigenvalue weighted by atomic mass is 16.6. The molecule has 0 aromatic heterocycles. The van der Waals surface area contributed by atoms with E-state index in [0.717, 1.165) is 16.4 Å². The molecular weight excluding hydrogens is 729 g/mol. The Morgan fingerprint density at radius 2 is 0.702 bits per heavy atom. The van der Waals surface area contributed by atoms with Crippen molar-refractivity contribution in [3.63, 3.8) is 0 Å². The standard InChI is InChI=1S/C42H53B3O12/c1-8-42(27-49-36(46)30-9-15-33(16-10-30)43-52-21-39(2,3)22-53-43,28-50-37(47)31-11-17-34(18-12-31)44-54-23-40(4,5)24-55-44)29-51-38(48)32-13-19-35(20-14-32)45-56-25-41(6,7)26-57-45/h9-20H,8,21-29H2,1-7H3. The van der Waals surface area contributed by atoms with Crippen LogP contribution in [0.4, 0.5) is 0 Å². The van der Waals surface area contributed by atoms with Gasteiger partial charge < -0.3 is 42.1 Å². The van der Waals surface area contributed by atoms with Gasteiger partial charge in [0.1, 0.15) is 19.8 Å². The van der Waals surface area contributed by atoms with Crippen molar-refractivity contribution in [2.45, 2.75) is 54.9 Å². The fraction of sp³-hybridized carbons (Fsp3) is 0.500. The van der Waals surface area contributed by atoms with Gasteiger partial charge in [0.05, 0.1) is 22.1 Å². The maximum absolute atomic E-state index is 13.4. The van der Waals surface area contributed by atoms with Crippen LogP contribution in [-0.4, -0.2) is 98.7 Å². The summed E-state index contributed by atoms with van der Waals surface area (Å²) in [4.78, 5) is 40.1. The summed E-state index contributed by atoms with van der Waals surface area (Å²) >= 11 is 0. The highest BCUT2D eigenvalue weighted by Crippen LogP contribution is 2.27. The average molecular weight is 782 g/mol. The first-order valence-corrected chi connectivity index (χ1v) is 19.6. The van der Waals surface area contributed by atoms with Crippen LogP contribution in [0.25, 0.3) is 0 Å². The van der Waals surface area contributed by atoms with Gasteiger partial charge in [0.25, 0.3) is 0 Å². The largest absolute Gasteiger partial charge is 0.493 e. The predicted molar refractivity (Wildman–Crippen MR) is 216 cm³/mol. The van der Waals surface area contributed by atoms with E-state index in [1.807, 2.05) is 6.92 Å². The molecule has 0 atom stereocenters. The normalized spacial score (nSPS) is 19.1. The van der Waals surface area contributed by atoms with Crippen molar-refractivity contribution in [2.24, 2.45) is 21.7 Å². The molecule has 3 aliphatic rings. The van der Waals surface area contributed by atoms with E-state index < -0.39 is 44.7 Å². The van der Waals surface area contributed by atoms with Crippen molar-refractivity contribution in [1.82, 2.24) is 0 Å². The number of carbonyl (C=O) groups is 3. The number of hydrogen-bond acceptors (Lipinski definition) is 12. The van der Waals surface area contributed by atoms with E-state index in [4.69, 9.17) is 42.1 Å². The van der Waals surface area contributed by atoms with Crippen LogP contribution in [0.3, 0.4) is 0 Å². The molecule has 0 radical (unpaired) electrons. The second kappa shape index (κ2) is 17.9. The van der Waals surface area contributed by atoms with Crippen molar-refractivity contribution in [3.8, 4) is 0 Å². The number of ether oxygens (including phenoxy) is 3. The number of esters is 3. The lowest BCUT2D eigenvalue weighted by atomic mass is 9.75. The second-order valence-corrected chi connectivity index (χ2v) is 17.8. The smallest absolute Gasteiger partial charge is 0.461 e. The Balaban J connectivity index is 1.10. The summed E-state index contributed by atoms with van der Waals surface area (Å²) in [5.41, 5.74) is 2.04. The molecule has 0 amide bonds. The molecule has 0 saturated carbocycles. The molecule has 0 aliphatic carbocycles. The van der Waals surface area contributed by atoms with Crippen molar-refractivity contribution in [3.05, 3.63) is 89.5 Å². The number of benzene rings is 3. The Bertz CT molecular complexity index is 1610. The highest BCUT2D eigenvalue weighted by Gasteiger charge is 2.38. The monoisotopic (exact) mass is 782 g/mol. The van der Waals surface area contributed by atoms with Gasteiger partial charge in [0.2, 0.25) is 0 Å². The minimum absolute atomic E-state index is 0.0710. The summed E-state index contributed by atoms with van der Waals surface area (Å²) in [5.74, 6) is -1.75. The first-order chi connectivity index (χ1) is 27.0. The Kier molecular flexibility index (Phi) is 13.4. The molecule has 3 saturated heterocycles. The Morgan fingerprint density at radius 3 is 0.912 bits per heavy atom. The molecule has 0 bridgehead atoms. The molecule has 57 heavy (non-hydrogen) atoms. The molecule has 302 valence electrons. The maximum Gasteiger partial charge on any atom is 0.493 e. The molecule has 3 aromatic rings. The van der Waals surface area contributed by atoms with E-state index in [1.54, 1.807) is 72.8 Å². The Hall–Kier alpha value is -3.98. The van der Waals surface area contributed by atoms with E-state index >= 15 is 0 Å². The molecule has 15 heteroatoms. The molecule has 0 unspecified atom stereocenters. The zero-order valence-corrected chi connectivity index (χ0v) is 34.1. The fourth-order valence-electron chi connectivity index (χ4n) is 6.32. The van der Waals surface area contributed by atoms with E-state index in [9.17, 15) is 14.4 Å². The van der Waals surface area contributed by atoms with Gasteiger partial charge in [-0.05, 0) is 59.2 Å². The van der Waals surface area contributed by atoms with Gasteiger partial charge in [-0.15, -0.1) is 0 Å². The summed E-state index contributed by atoms with van der Waals surface area (Å²) in [6.45, 7) is 17.0. The summed E-state index contributed by atoms with van der Waals surface area (Å²) in [5, 5.41) is 0. The number of rotatable bonds is 13. The maximum atomic E-state index is 13.4. The van der Waals surface area contributed by atoms with E-state index in [-0.39, 0.29) is 36.1 Å². The lowest BCUT2D eigenvalue weighted by molar-refractivity contribution is -0.0381. The third-order valence-electron chi connectivity index (χ3n) is 10.3. The zero-order valence-electron chi connectivity index (χ0n) is 34.1. The van der Waals surface area contributed by atoms with Crippen LogP contribution < -0.4 is 16.4 Å². The molecule has 6 rings (SSSR count). The van der Waals surface area contributed by atoms with Crippen LogP contribution in [0, 0.1) is 21.7 Å². The van der Waals surface area contributed by atoms with E-state index in [0.29, 0.717) is 62.8 Å². The van der Waals surface area contributed by atoms with Gasteiger partial charge in [-0.3, -0.25) is 0 Å².